The topological polar surface area (TPSA) is 67.2 Å². The second kappa shape index (κ2) is 10.3. The third kappa shape index (κ3) is 4.94. The van der Waals surface area contributed by atoms with Gasteiger partial charge in [-0.05, 0) is 92.2 Å². The number of benzene rings is 3. The molecule has 1 fully saturated rings. The summed E-state index contributed by atoms with van der Waals surface area (Å²) in [6, 6.07) is 21.3. The number of aromatic nitrogens is 2. The van der Waals surface area contributed by atoms with Crippen LogP contribution < -0.4 is 10.9 Å². The van der Waals surface area contributed by atoms with Crippen LogP contribution in [0.5, 0.6) is 0 Å². The largest absolute Gasteiger partial charge is 0.345 e. The summed E-state index contributed by atoms with van der Waals surface area (Å²) in [5, 5.41) is 9.00. The number of amides is 1. The van der Waals surface area contributed by atoms with Gasteiger partial charge in [-0.15, -0.1) is 0 Å². The highest BCUT2D eigenvalue weighted by molar-refractivity contribution is 5.94. The monoisotopic (exact) mass is 492 g/mol. The van der Waals surface area contributed by atoms with Gasteiger partial charge in [0.25, 0.3) is 11.5 Å². The van der Waals surface area contributed by atoms with Gasteiger partial charge in [0.15, 0.2) is 0 Å². The standard InChI is InChI=1S/C31H32N4O2/c36-30(23-12-14-26(15-13-23)35-31(37)28-9-3-2-7-25(28)20-32-35)33-29-10-6-8-24-19-22(11-16-27(24)29)21-34-17-4-1-5-18-34/h2-3,7,9,11-16,19-20,29H,1,4-6,8,10,17-18,21H2,(H,33,36)/t29-/m1/s1. The number of aryl methyl sites for hydroxylation is 1. The van der Waals surface area contributed by atoms with Crippen LogP contribution in [0.4, 0.5) is 0 Å². The van der Waals surface area contributed by atoms with Gasteiger partial charge in [-0.2, -0.15) is 9.78 Å². The molecule has 2 heterocycles. The number of nitrogens with one attached hydrogen (secondary N) is 1. The highest BCUT2D eigenvalue weighted by Gasteiger charge is 2.23. The Kier molecular flexibility index (Phi) is 6.58. The summed E-state index contributed by atoms with van der Waals surface area (Å²) in [6.45, 7) is 3.41. The van der Waals surface area contributed by atoms with E-state index in [-0.39, 0.29) is 17.5 Å². The summed E-state index contributed by atoms with van der Waals surface area (Å²) in [6.07, 6.45) is 8.72. The lowest BCUT2D eigenvalue weighted by atomic mass is 9.86. The molecule has 0 spiro atoms. The quantitative estimate of drug-likeness (QED) is 0.417. The van der Waals surface area contributed by atoms with Crippen molar-refractivity contribution >= 4 is 16.7 Å². The van der Waals surface area contributed by atoms with Gasteiger partial charge in [0.1, 0.15) is 0 Å². The highest BCUT2D eigenvalue weighted by Crippen LogP contribution is 2.31. The Balaban J connectivity index is 1.16. The molecule has 6 nitrogen and oxygen atoms in total. The zero-order valence-electron chi connectivity index (χ0n) is 21.0. The van der Waals surface area contributed by atoms with Gasteiger partial charge in [0.05, 0.1) is 23.3 Å². The summed E-state index contributed by atoms with van der Waals surface area (Å²) >= 11 is 0. The Morgan fingerprint density at radius 2 is 1.76 bits per heavy atom. The molecular formula is C31H32N4O2. The Hall–Kier alpha value is -3.77. The zero-order chi connectivity index (χ0) is 25.2. The van der Waals surface area contributed by atoms with E-state index in [1.54, 1.807) is 36.5 Å². The van der Waals surface area contributed by atoms with Crippen LogP contribution in [-0.4, -0.2) is 33.7 Å². The Morgan fingerprint density at radius 1 is 0.946 bits per heavy atom. The molecule has 1 N–H and O–H groups in total. The molecule has 6 heteroatoms. The van der Waals surface area contributed by atoms with Crippen LogP contribution in [0.3, 0.4) is 0 Å². The fraction of sp³-hybridized carbons (Fsp3) is 0.323. The molecule has 2 aliphatic rings. The fourth-order valence-electron chi connectivity index (χ4n) is 5.76. The third-order valence-electron chi connectivity index (χ3n) is 7.75. The van der Waals surface area contributed by atoms with E-state index in [4.69, 9.17) is 0 Å². The van der Waals surface area contributed by atoms with Gasteiger partial charge in [0.2, 0.25) is 0 Å². The first-order valence-electron chi connectivity index (χ1n) is 13.4. The van der Waals surface area contributed by atoms with E-state index < -0.39 is 0 Å². The lowest BCUT2D eigenvalue weighted by molar-refractivity contribution is 0.0932. The van der Waals surface area contributed by atoms with Crippen LogP contribution in [0, 0.1) is 0 Å². The second-order valence-electron chi connectivity index (χ2n) is 10.3. The molecule has 188 valence electrons. The van der Waals surface area contributed by atoms with E-state index in [0.717, 1.165) is 31.2 Å². The average molecular weight is 493 g/mol. The van der Waals surface area contributed by atoms with E-state index in [0.29, 0.717) is 16.6 Å². The summed E-state index contributed by atoms with van der Waals surface area (Å²) in [5.41, 5.74) is 5.02. The van der Waals surface area contributed by atoms with Crippen LogP contribution >= 0.6 is 0 Å². The highest BCUT2D eigenvalue weighted by atomic mass is 16.1. The van der Waals surface area contributed by atoms with Crippen molar-refractivity contribution in [3.05, 3.63) is 106 Å². The number of likely N-dealkylation sites (tertiary alicyclic amines) is 1. The second-order valence-corrected chi connectivity index (χ2v) is 10.3. The first kappa shape index (κ1) is 23.6. The van der Waals surface area contributed by atoms with Crippen molar-refractivity contribution in [2.75, 3.05) is 13.1 Å². The number of hydrogen-bond acceptors (Lipinski definition) is 4. The zero-order valence-corrected chi connectivity index (χ0v) is 21.0. The van der Waals surface area contributed by atoms with Gasteiger partial charge in [-0.1, -0.05) is 42.8 Å². The third-order valence-corrected chi connectivity index (χ3v) is 7.75. The molecule has 1 aliphatic carbocycles. The number of carbonyl (C=O) groups is 1. The number of carbonyl (C=O) groups excluding carboxylic acids is 1. The lowest BCUT2D eigenvalue weighted by Gasteiger charge is -2.29. The first-order chi connectivity index (χ1) is 18.2. The van der Waals surface area contributed by atoms with Crippen molar-refractivity contribution in [2.45, 2.75) is 51.1 Å². The molecule has 1 amide bonds. The average Bonchev–Trinajstić information content (AvgIpc) is 2.94. The van der Waals surface area contributed by atoms with Crippen LogP contribution in [0.15, 0.2) is 77.7 Å². The molecule has 1 atom stereocenters. The summed E-state index contributed by atoms with van der Waals surface area (Å²) in [5.74, 6) is -0.0967. The minimum absolute atomic E-state index is 0.0183. The predicted octanol–water partition coefficient (Wildman–Crippen LogP) is 5.18. The van der Waals surface area contributed by atoms with Crippen LogP contribution in [0.25, 0.3) is 16.5 Å². The Labute approximate surface area is 216 Å². The van der Waals surface area contributed by atoms with Crippen molar-refractivity contribution in [1.29, 1.82) is 0 Å². The molecule has 6 rings (SSSR count). The van der Waals surface area contributed by atoms with E-state index in [9.17, 15) is 9.59 Å². The molecule has 0 unspecified atom stereocenters. The molecule has 4 aromatic rings. The smallest absolute Gasteiger partial charge is 0.279 e. The van der Waals surface area contributed by atoms with E-state index >= 15 is 0 Å². The minimum Gasteiger partial charge on any atom is -0.345 e. The fourth-order valence-corrected chi connectivity index (χ4v) is 5.76. The van der Waals surface area contributed by atoms with E-state index in [2.05, 4.69) is 33.5 Å². The van der Waals surface area contributed by atoms with E-state index in [1.165, 1.54) is 53.7 Å². The first-order valence-corrected chi connectivity index (χ1v) is 13.4. The molecule has 3 aromatic carbocycles. The minimum atomic E-state index is -0.172. The van der Waals surface area contributed by atoms with Crippen molar-refractivity contribution in [3.63, 3.8) is 0 Å². The van der Waals surface area contributed by atoms with Gasteiger partial charge < -0.3 is 5.32 Å². The lowest BCUT2D eigenvalue weighted by Crippen LogP contribution is -2.31. The van der Waals surface area contributed by atoms with Crippen molar-refractivity contribution in [1.82, 2.24) is 20.0 Å². The molecular weight excluding hydrogens is 460 g/mol. The maximum Gasteiger partial charge on any atom is 0.279 e. The maximum absolute atomic E-state index is 13.1. The van der Waals surface area contributed by atoms with Gasteiger partial charge >= 0.3 is 0 Å². The SMILES string of the molecule is O=C(N[C@@H]1CCCc2cc(CN3CCCCC3)ccc21)c1ccc(-n2ncc3ccccc3c2=O)cc1. The number of hydrogen-bond donors (Lipinski definition) is 1. The van der Waals surface area contributed by atoms with Gasteiger partial charge in [-0.25, -0.2) is 0 Å². The summed E-state index contributed by atoms with van der Waals surface area (Å²) < 4.78 is 1.38. The Morgan fingerprint density at radius 3 is 2.59 bits per heavy atom. The predicted molar refractivity (Wildman–Crippen MR) is 146 cm³/mol. The van der Waals surface area contributed by atoms with Crippen LogP contribution in [0.2, 0.25) is 0 Å². The number of piperidine rings is 1. The van der Waals surface area contributed by atoms with Gasteiger partial charge in [-0.3, -0.25) is 14.5 Å². The summed E-state index contributed by atoms with van der Waals surface area (Å²) in [4.78, 5) is 28.6. The normalized spacial score (nSPS) is 17.9. The van der Waals surface area contributed by atoms with Crippen molar-refractivity contribution in [2.24, 2.45) is 0 Å². The molecule has 0 saturated carbocycles. The molecule has 1 saturated heterocycles. The maximum atomic E-state index is 13.1. The number of nitrogens with zero attached hydrogens (tertiary/aromatic N) is 3. The number of fused-ring (bicyclic) bond motifs is 2. The molecule has 0 radical (unpaired) electrons. The van der Waals surface area contributed by atoms with Crippen molar-refractivity contribution in [3.8, 4) is 5.69 Å². The van der Waals surface area contributed by atoms with Crippen LogP contribution in [0.1, 0.15) is 65.2 Å². The molecule has 0 bridgehead atoms. The van der Waals surface area contributed by atoms with E-state index in [1.807, 2.05) is 18.2 Å². The van der Waals surface area contributed by atoms with Gasteiger partial charge in [0, 0.05) is 17.5 Å². The summed E-state index contributed by atoms with van der Waals surface area (Å²) in [7, 11) is 0. The molecule has 37 heavy (non-hydrogen) atoms. The Bertz CT molecular complexity index is 1490. The number of rotatable bonds is 5. The van der Waals surface area contributed by atoms with Crippen molar-refractivity contribution < 1.29 is 4.79 Å². The molecule has 1 aliphatic heterocycles. The van der Waals surface area contributed by atoms with Crippen LogP contribution in [-0.2, 0) is 13.0 Å². The molecule has 1 aromatic heterocycles.